The summed E-state index contributed by atoms with van der Waals surface area (Å²) in [5, 5.41) is 0. The minimum absolute atomic E-state index is 0.00830. The largest absolute Gasteiger partial charge is 0.462 e. The molecule has 0 aromatic rings. The highest BCUT2D eigenvalue weighted by atomic mass is 16.7. The molecule has 1 heterocycles. The van der Waals surface area contributed by atoms with Crippen molar-refractivity contribution in [3.8, 4) is 0 Å². The van der Waals surface area contributed by atoms with Crippen LogP contribution in [0.4, 0.5) is 0 Å². The third-order valence-electron chi connectivity index (χ3n) is 10.8. The molecule has 1 saturated heterocycles. The summed E-state index contributed by atoms with van der Waals surface area (Å²) >= 11 is 0. The van der Waals surface area contributed by atoms with E-state index in [1.165, 1.54) is 0 Å². The number of rotatable bonds is 11. The maximum absolute atomic E-state index is 13.8. The average Bonchev–Trinajstić information content (AvgIpc) is 3.56. The molecule has 8 nitrogen and oxygen atoms in total. The van der Waals surface area contributed by atoms with Crippen LogP contribution in [-0.4, -0.2) is 76.5 Å². The van der Waals surface area contributed by atoms with Gasteiger partial charge < -0.3 is 28.4 Å². The molecule has 0 radical (unpaired) electrons. The first-order chi connectivity index (χ1) is 20.2. The van der Waals surface area contributed by atoms with Gasteiger partial charge in [-0.2, -0.15) is 0 Å². The number of hydrogen-bond donors (Lipinski definition) is 0. The third kappa shape index (κ3) is 7.84. The number of ketones is 1. The Morgan fingerprint density at radius 1 is 0.952 bits per heavy atom. The topological polar surface area (TPSA) is 89.5 Å². The van der Waals surface area contributed by atoms with Gasteiger partial charge in [0.2, 0.25) is 0 Å². The molecule has 0 N–H and O–H groups in total. The second-order valence-electron chi connectivity index (χ2n) is 13.4. The zero-order chi connectivity index (χ0) is 30.4. The standard InChI is InChI=1S/C34H56O8/c1-8-24-12-10-9-11-20(2)33(36)30-17-28-26(29(30)18-32(35)41-24)14-13-23-15-25(16-27(23)28)42-34(31(39-7)19-37-5)40-22(4)21(3)38-6/h17,20-29,31,34H,8-16,18-19H2,1-7H3/t20-,21-,22?,23?,24+,25-,26-,27-,28?,29+,31+,34?/m1/s1. The van der Waals surface area contributed by atoms with E-state index in [9.17, 15) is 9.59 Å². The summed E-state index contributed by atoms with van der Waals surface area (Å²) in [5.41, 5.74) is 0.899. The summed E-state index contributed by atoms with van der Waals surface area (Å²) in [7, 11) is 4.99. The van der Waals surface area contributed by atoms with E-state index in [0.29, 0.717) is 30.8 Å². The number of Topliss-reactive ketones (excluding diaryl/α,β-unsaturated/α-hetero) is 1. The Hall–Kier alpha value is -1.32. The van der Waals surface area contributed by atoms with E-state index >= 15 is 0 Å². The van der Waals surface area contributed by atoms with Gasteiger partial charge in [0.15, 0.2) is 12.1 Å². The molecule has 4 aliphatic rings. The second kappa shape index (κ2) is 15.6. The summed E-state index contributed by atoms with van der Waals surface area (Å²) in [6.07, 6.45) is 9.99. The van der Waals surface area contributed by atoms with Crippen molar-refractivity contribution in [2.24, 2.45) is 35.5 Å². The molecule has 3 aliphatic carbocycles. The monoisotopic (exact) mass is 592 g/mol. The molecule has 42 heavy (non-hydrogen) atoms. The predicted octanol–water partition coefficient (Wildman–Crippen LogP) is 5.90. The SMILES string of the molecule is CC[C@H]1CCCC[C@@H](C)C(=O)C2=CC3[C@@H]4C[C@H](OC(OC(C)[C@@H](C)OC)[C@H](COC)OC)CC4CC[C@H]3[C@@H]2CC(=O)O1. The Morgan fingerprint density at radius 2 is 1.71 bits per heavy atom. The van der Waals surface area contributed by atoms with Gasteiger partial charge in [0.1, 0.15) is 12.2 Å². The lowest BCUT2D eigenvalue weighted by atomic mass is 9.66. The lowest BCUT2D eigenvalue weighted by Gasteiger charge is -2.38. The highest BCUT2D eigenvalue weighted by molar-refractivity contribution is 5.98. The fourth-order valence-corrected chi connectivity index (χ4v) is 8.07. The number of hydrogen-bond acceptors (Lipinski definition) is 8. The van der Waals surface area contributed by atoms with Gasteiger partial charge in [-0.1, -0.05) is 26.3 Å². The summed E-state index contributed by atoms with van der Waals surface area (Å²) in [6.45, 7) is 8.49. The van der Waals surface area contributed by atoms with E-state index in [1.54, 1.807) is 21.3 Å². The Labute approximate surface area is 253 Å². The first kappa shape index (κ1) is 33.6. The van der Waals surface area contributed by atoms with Gasteiger partial charge in [-0.15, -0.1) is 0 Å². The van der Waals surface area contributed by atoms with Crippen LogP contribution in [0.15, 0.2) is 11.6 Å². The molecule has 8 heteroatoms. The first-order valence-electron chi connectivity index (χ1n) is 16.5. The molecule has 0 amide bonds. The van der Waals surface area contributed by atoms with Gasteiger partial charge in [0, 0.05) is 33.2 Å². The zero-order valence-corrected chi connectivity index (χ0v) is 27.0. The molecule has 0 aromatic heterocycles. The van der Waals surface area contributed by atoms with Gasteiger partial charge in [0.25, 0.3) is 0 Å². The maximum Gasteiger partial charge on any atom is 0.306 e. The van der Waals surface area contributed by atoms with Gasteiger partial charge in [0.05, 0.1) is 31.3 Å². The zero-order valence-electron chi connectivity index (χ0n) is 27.0. The molecule has 12 atom stereocenters. The third-order valence-corrected chi connectivity index (χ3v) is 10.8. The van der Waals surface area contributed by atoms with E-state index < -0.39 is 6.29 Å². The van der Waals surface area contributed by atoms with Crippen LogP contribution in [0.5, 0.6) is 0 Å². The van der Waals surface area contributed by atoms with Crippen LogP contribution in [0.25, 0.3) is 0 Å². The lowest BCUT2D eigenvalue weighted by molar-refractivity contribution is -0.255. The smallest absolute Gasteiger partial charge is 0.306 e. The van der Waals surface area contributed by atoms with Crippen LogP contribution in [0.1, 0.15) is 91.9 Å². The highest BCUT2D eigenvalue weighted by Gasteiger charge is 2.52. The van der Waals surface area contributed by atoms with Crippen molar-refractivity contribution in [1.29, 1.82) is 0 Å². The normalized spacial score (nSPS) is 36.8. The Kier molecular flexibility index (Phi) is 12.5. The lowest BCUT2D eigenvalue weighted by Crippen LogP contribution is -2.43. The number of methoxy groups -OCH3 is 3. The van der Waals surface area contributed by atoms with Gasteiger partial charge in [-0.05, 0) is 94.5 Å². The van der Waals surface area contributed by atoms with Crippen LogP contribution < -0.4 is 0 Å². The fraction of sp³-hybridized carbons (Fsp3) is 0.882. The minimum atomic E-state index is -0.580. The molecule has 0 aromatic carbocycles. The molecule has 2 saturated carbocycles. The Bertz CT molecular complexity index is 919. The maximum atomic E-state index is 13.8. The molecule has 1 aliphatic heterocycles. The van der Waals surface area contributed by atoms with Crippen molar-refractivity contribution >= 4 is 11.8 Å². The van der Waals surface area contributed by atoms with Crippen LogP contribution in [0.3, 0.4) is 0 Å². The average molecular weight is 593 g/mol. The number of carbonyl (C=O) groups is 2. The Morgan fingerprint density at radius 3 is 2.40 bits per heavy atom. The van der Waals surface area contributed by atoms with Crippen molar-refractivity contribution in [2.75, 3.05) is 27.9 Å². The molecule has 3 fully saturated rings. The van der Waals surface area contributed by atoms with E-state index in [2.05, 4.69) is 19.9 Å². The minimum Gasteiger partial charge on any atom is -0.462 e. The first-order valence-corrected chi connectivity index (χ1v) is 16.5. The van der Waals surface area contributed by atoms with Gasteiger partial charge in [-0.25, -0.2) is 0 Å². The van der Waals surface area contributed by atoms with Crippen LogP contribution >= 0.6 is 0 Å². The molecular formula is C34H56O8. The summed E-state index contributed by atoms with van der Waals surface area (Å²) in [5.74, 6) is 1.60. The van der Waals surface area contributed by atoms with E-state index in [4.69, 9.17) is 28.4 Å². The number of carbonyl (C=O) groups excluding carboxylic acids is 2. The number of allylic oxidation sites excluding steroid dienone is 2. The van der Waals surface area contributed by atoms with Crippen LogP contribution in [0.2, 0.25) is 0 Å². The number of esters is 1. The second-order valence-corrected chi connectivity index (χ2v) is 13.4. The molecule has 4 rings (SSSR count). The number of fused-ring (bicyclic) bond motifs is 5. The molecule has 0 bridgehead atoms. The van der Waals surface area contributed by atoms with Gasteiger partial charge in [-0.3, -0.25) is 9.59 Å². The van der Waals surface area contributed by atoms with Gasteiger partial charge >= 0.3 is 5.97 Å². The highest BCUT2D eigenvalue weighted by Crippen LogP contribution is 2.56. The van der Waals surface area contributed by atoms with Crippen molar-refractivity contribution in [3.63, 3.8) is 0 Å². The van der Waals surface area contributed by atoms with Crippen LogP contribution in [-0.2, 0) is 38.0 Å². The summed E-state index contributed by atoms with van der Waals surface area (Å²) < 4.78 is 35.6. The van der Waals surface area contributed by atoms with Crippen molar-refractivity contribution < 1.29 is 38.0 Å². The fourth-order valence-electron chi connectivity index (χ4n) is 8.07. The van der Waals surface area contributed by atoms with E-state index in [0.717, 1.165) is 63.4 Å². The summed E-state index contributed by atoms with van der Waals surface area (Å²) in [6, 6.07) is 0. The molecule has 0 spiro atoms. The predicted molar refractivity (Wildman–Crippen MR) is 160 cm³/mol. The van der Waals surface area contributed by atoms with Crippen molar-refractivity contribution in [3.05, 3.63) is 11.6 Å². The number of ether oxygens (including phenoxy) is 6. The van der Waals surface area contributed by atoms with Crippen molar-refractivity contribution in [1.82, 2.24) is 0 Å². The van der Waals surface area contributed by atoms with E-state index in [-0.39, 0.29) is 60.0 Å². The van der Waals surface area contributed by atoms with Crippen LogP contribution in [0, 0.1) is 35.5 Å². The number of cyclic esters (lactones) is 1. The molecular weight excluding hydrogens is 536 g/mol. The van der Waals surface area contributed by atoms with E-state index in [1.807, 2.05) is 13.8 Å². The van der Waals surface area contributed by atoms with Crippen molar-refractivity contribution in [2.45, 2.75) is 129 Å². The molecule has 4 unspecified atom stereocenters. The quantitative estimate of drug-likeness (QED) is 0.217. The Balaban J connectivity index is 1.51. The summed E-state index contributed by atoms with van der Waals surface area (Å²) in [4.78, 5) is 26.9. The molecule has 240 valence electrons.